The predicted octanol–water partition coefficient (Wildman–Crippen LogP) is 2.05. The summed E-state index contributed by atoms with van der Waals surface area (Å²) in [5, 5.41) is 13.7. The van der Waals surface area contributed by atoms with Crippen LogP contribution in [-0.4, -0.2) is 29.7 Å². The van der Waals surface area contributed by atoms with Gasteiger partial charge in [-0.15, -0.1) is 0 Å². The van der Waals surface area contributed by atoms with Gasteiger partial charge in [-0.3, -0.25) is 10.1 Å². The molecule has 0 fully saturated rings. The first-order valence-electron chi connectivity index (χ1n) is 6.22. The number of hydrogen-bond acceptors (Lipinski definition) is 6. The monoisotopic (exact) mass is 268 g/mol. The predicted molar refractivity (Wildman–Crippen MR) is 74.1 cm³/mol. The van der Waals surface area contributed by atoms with Gasteiger partial charge >= 0.3 is 0 Å². The molecule has 0 amide bonds. The van der Waals surface area contributed by atoms with Gasteiger partial charge in [0.15, 0.2) is 0 Å². The van der Waals surface area contributed by atoms with Crippen LogP contribution in [0, 0.1) is 16.0 Å². The van der Waals surface area contributed by atoms with E-state index in [0.29, 0.717) is 24.9 Å². The molecule has 0 atom stereocenters. The molecule has 0 spiro atoms. The highest BCUT2D eigenvalue weighted by Crippen LogP contribution is 2.18. The van der Waals surface area contributed by atoms with Crippen LogP contribution < -0.4 is 11.1 Å². The highest BCUT2D eigenvalue weighted by Gasteiger charge is 2.09. The van der Waals surface area contributed by atoms with E-state index in [0.717, 1.165) is 13.0 Å². The van der Waals surface area contributed by atoms with Crippen molar-refractivity contribution in [3.8, 4) is 0 Å². The lowest BCUT2D eigenvalue weighted by atomic mass is 10.2. The fourth-order valence-electron chi connectivity index (χ4n) is 1.44. The van der Waals surface area contributed by atoms with Crippen molar-refractivity contribution >= 4 is 17.3 Å². The normalized spacial score (nSPS) is 10.7. The molecule has 1 rings (SSSR count). The molecule has 0 unspecified atom stereocenters. The SMILES string of the molecule is CC(C)COCCCNc1cc([N+](=O)[O-])cc(N)n1. The quantitative estimate of drug-likeness (QED) is 0.425. The number of aromatic nitrogens is 1. The fraction of sp³-hybridized carbons (Fsp3) is 0.583. The van der Waals surface area contributed by atoms with E-state index < -0.39 is 4.92 Å². The minimum atomic E-state index is -0.491. The highest BCUT2D eigenvalue weighted by molar-refractivity contribution is 5.52. The molecule has 0 aliphatic heterocycles. The van der Waals surface area contributed by atoms with Crippen molar-refractivity contribution in [2.75, 3.05) is 30.8 Å². The molecule has 3 N–H and O–H groups in total. The summed E-state index contributed by atoms with van der Waals surface area (Å²) >= 11 is 0. The fourth-order valence-corrected chi connectivity index (χ4v) is 1.44. The van der Waals surface area contributed by atoms with Crippen molar-refractivity contribution in [2.24, 2.45) is 5.92 Å². The highest BCUT2D eigenvalue weighted by atomic mass is 16.6. The maximum Gasteiger partial charge on any atom is 0.276 e. The van der Waals surface area contributed by atoms with Gasteiger partial charge in [-0.2, -0.15) is 0 Å². The second-order valence-electron chi connectivity index (χ2n) is 4.64. The van der Waals surface area contributed by atoms with Crippen molar-refractivity contribution in [1.82, 2.24) is 4.98 Å². The molecule has 19 heavy (non-hydrogen) atoms. The Morgan fingerprint density at radius 1 is 1.53 bits per heavy atom. The Morgan fingerprint density at radius 3 is 2.89 bits per heavy atom. The molecule has 1 aromatic heterocycles. The first kappa shape index (κ1) is 15.2. The lowest BCUT2D eigenvalue weighted by Crippen LogP contribution is -2.10. The van der Waals surface area contributed by atoms with Crippen LogP contribution in [0.2, 0.25) is 0 Å². The van der Waals surface area contributed by atoms with Gasteiger partial charge in [0, 0.05) is 19.8 Å². The first-order valence-corrected chi connectivity index (χ1v) is 6.22. The third-order valence-electron chi connectivity index (χ3n) is 2.26. The topological polar surface area (TPSA) is 103 Å². The largest absolute Gasteiger partial charge is 0.383 e. The Bertz CT molecular complexity index is 423. The summed E-state index contributed by atoms with van der Waals surface area (Å²) in [5.41, 5.74) is 5.44. The van der Waals surface area contributed by atoms with Gasteiger partial charge in [0.1, 0.15) is 11.6 Å². The van der Waals surface area contributed by atoms with Crippen molar-refractivity contribution in [3.05, 3.63) is 22.2 Å². The Morgan fingerprint density at radius 2 is 2.26 bits per heavy atom. The third kappa shape index (κ3) is 6.01. The van der Waals surface area contributed by atoms with E-state index in [1.807, 2.05) is 0 Å². The standard InChI is InChI=1S/C12H20N4O3/c1-9(2)8-19-5-3-4-14-12-7-10(16(17)18)6-11(13)15-12/h6-7,9H,3-5,8H2,1-2H3,(H3,13,14,15). The zero-order chi connectivity index (χ0) is 14.3. The number of nitro groups is 1. The molecule has 1 heterocycles. The Kier molecular flexibility index (Phi) is 6.01. The molecule has 0 aromatic carbocycles. The van der Waals surface area contributed by atoms with Crippen LogP contribution in [0.15, 0.2) is 12.1 Å². The number of anilines is 2. The number of nitrogens with zero attached hydrogens (tertiary/aromatic N) is 2. The molecule has 0 bridgehead atoms. The zero-order valence-electron chi connectivity index (χ0n) is 11.3. The van der Waals surface area contributed by atoms with Crippen molar-refractivity contribution < 1.29 is 9.66 Å². The molecule has 1 aromatic rings. The van der Waals surface area contributed by atoms with Crippen LogP contribution in [0.5, 0.6) is 0 Å². The summed E-state index contributed by atoms with van der Waals surface area (Å²) in [6, 6.07) is 2.60. The molecule has 7 heteroatoms. The van der Waals surface area contributed by atoms with Crippen LogP contribution in [0.1, 0.15) is 20.3 Å². The van der Waals surface area contributed by atoms with Gasteiger partial charge < -0.3 is 15.8 Å². The summed E-state index contributed by atoms with van der Waals surface area (Å²) in [4.78, 5) is 14.2. The van der Waals surface area contributed by atoms with Gasteiger partial charge in [-0.1, -0.05) is 13.8 Å². The molecule has 0 saturated heterocycles. The second kappa shape index (κ2) is 7.52. The van der Waals surface area contributed by atoms with Crippen molar-refractivity contribution in [3.63, 3.8) is 0 Å². The van der Waals surface area contributed by atoms with E-state index in [4.69, 9.17) is 10.5 Å². The molecule has 0 aliphatic rings. The van der Waals surface area contributed by atoms with Gasteiger partial charge in [0.2, 0.25) is 0 Å². The van der Waals surface area contributed by atoms with Crippen molar-refractivity contribution in [1.29, 1.82) is 0 Å². The molecular weight excluding hydrogens is 248 g/mol. The third-order valence-corrected chi connectivity index (χ3v) is 2.26. The Labute approximate surface area is 112 Å². The van der Waals surface area contributed by atoms with Crippen LogP contribution >= 0.6 is 0 Å². The molecule has 7 nitrogen and oxygen atoms in total. The smallest absolute Gasteiger partial charge is 0.276 e. The van der Waals surface area contributed by atoms with Gasteiger partial charge in [-0.05, 0) is 12.3 Å². The summed E-state index contributed by atoms with van der Waals surface area (Å²) in [5.74, 6) is 1.06. The summed E-state index contributed by atoms with van der Waals surface area (Å²) in [6.45, 7) is 6.20. The van der Waals surface area contributed by atoms with Crippen LogP contribution in [0.3, 0.4) is 0 Å². The Balaban J connectivity index is 2.35. The number of rotatable bonds is 8. The number of nitrogens with one attached hydrogen (secondary N) is 1. The van der Waals surface area contributed by atoms with E-state index >= 15 is 0 Å². The average Bonchev–Trinajstić information content (AvgIpc) is 2.32. The number of nitrogens with two attached hydrogens (primary N) is 1. The molecule has 0 radical (unpaired) electrons. The molecule has 0 aliphatic carbocycles. The van der Waals surface area contributed by atoms with Gasteiger partial charge in [0.05, 0.1) is 17.1 Å². The van der Waals surface area contributed by atoms with E-state index in [1.165, 1.54) is 12.1 Å². The lowest BCUT2D eigenvalue weighted by molar-refractivity contribution is -0.384. The van der Waals surface area contributed by atoms with Crippen LogP contribution in [0.4, 0.5) is 17.3 Å². The number of nitrogen functional groups attached to an aromatic ring is 1. The molecular formula is C12H20N4O3. The van der Waals surface area contributed by atoms with Crippen LogP contribution in [-0.2, 0) is 4.74 Å². The minimum Gasteiger partial charge on any atom is -0.383 e. The second-order valence-corrected chi connectivity index (χ2v) is 4.64. The lowest BCUT2D eigenvalue weighted by Gasteiger charge is -2.08. The summed E-state index contributed by atoms with van der Waals surface area (Å²) in [7, 11) is 0. The van der Waals surface area contributed by atoms with E-state index in [9.17, 15) is 10.1 Å². The number of hydrogen-bond donors (Lipinski definition) is 2. The van der Waals surface area contributed by atoms with E-state index in [2.05, 4.69) is 24.1 Å². The average molecular weight is 268 g/mol. The maximum atomic E-state index is 10.7. The summed E-state index contributed by atoms with van der Waals surface area (Å²) in [6.07, 6.45) is 0.803. The van der Waals surface area contributed by atoms with Crippen LogP contribution in [0.25, 0.3) is 0 Å². The summed E-state index contributed by atoms with van der Waals surface area (Å²) < 4.78 is 5.43. The zero-order valence-corrected chi connectivity index (χ0v) is 11.3. The van der Waals surface area contributed by atoms with Gasteiger partial charge in [-0.25, -0.2) is 4.98 Å². The van der Waals surface area contributed by atoms with E-state index in [1.54, 1.807) is 0 Å². The van der Waals surface area contributed by atoms with E-state index in [-0.39, 0.29) is 11.5 Å². The van der Waals surface area contributed by atoms with Crippen molar-refractivity contribution in [2.45, 2.75) is 20.3 Å². The Hall–Kier alpha value is -1.89. The number of pyridine rings is 1. The first-order chi connectivity index (χ1) is 8.99. The molecule has 106 valence electrons. The van der Waals surface area contributed by atoms with Gasteiger partial charge in [0.25, 0.3) is 5.69 Å². The minimum absolute atomic E-state index is 0.0638. The number of ether oxygens (including phenoxy) is 1. The maximum absolute atomic E-state index is 10.7. The molecule has 0 saturated carbocycles.